The van der Waals surface area contributed by atoms with Crippen LogP contribution in [0.5, 0.6) is 0 Å². The van der Waals surface area contributed by atoms with Crippen molar-refractivity contribution < 1.29 is 49.3 Å². The zero-order chi connectivity index (χ0) is 58.9. The van der Waals surface area contributed by atoms with E-state index in [0.29, 0.717) is 12.8 Å². The van der Waals surface area contributed by atoms with Crippen molar-refractivity contribution >= 4 is 11.9 Å². The second-order valence-electron chi connectivity index (χ2n) is 23.6. The fourth-order valence-corrected chi connectivity index (χ4v) is 10.5. The third-order valence-corrected chi connectivity index (χ3v) is 15.9. The maximum absolute atomic E-state index is 13.5. The number of aliphatic hydroxyl groups is 5. The third kappa shape index (κ3) is 45.4. The van der Waals surface area contributed by atoms with Gasteiger partial charge in [0, 0.05) is 6.42 Å². The van der Waals surface area contributed by atoms with Crippen molar-refractivity contribution in [2.24, 2.45) is 0 Å². The Morgan fingerprint density at radius 1 is 0.481 bits per heavy atom. The Kier molecular flexibility index (Phi) is 54.5. The fourth-order valence-electron chi connectivity index (χ4n) is 10.5. The number of carbonyl (C=O) groups is 2. The van der Waals surface area contributed by atoms with Gasteiger partial charge < -0.3 is 45.1 Å². The molecule has 11 heteroatoms. The molecule has 0 bridgehead atoms. The molecule has 1 fully saturated rings. The first kappa shape index (κ1) is 76.4. The number of unbranched alkanes of at least 4 members (excludes halogenated alkanes) is 36. The van der Waals surface area contributed by atoms with Crippen LogP contribution < -0.4 is 5.32 Å². The number of rotatable bonds is 58. The van der Waals surface area contributed by atoms with Crippen LogP contribution in [0.25, 0.3) is 0 Å². The number of esters is 1. The van der Waals surface area contributed by atoms with Gasteiger partial charge in [-0.15, -0.1) is 0 Å². The highest BCUT2D eigenvalue weighted by Crippen LogP contribution is 2.26. The summed E-state index contributed by atoms with van der Waals surface area (Å²) in [5.41, 5.74) is 0. The van der Waals surface area contributed by atoms with Crippen molar-refractivity contribution in [2.75, 3.05) is 13.2 Å². The van der Waals surface area contributed by atoms with Crippen LogP contribution in [0.1, 0.15) is 310 Å². The highest BCUT2D eigenvalue weighted by Gasteiger charge is 2.47. The Morgan fingerprint density at radius 2 is 0.852 bits per heavy atom. The van der Waals surface area contributed by atoms with Crippen molar-refractivity contribution in [3.8, 4) is 0 Å². The predicted octanol–water partition coefficient (Wildman–Crippen LogP) is 17.0. The molecule has 472 valence electrons. The number of allylic oxidation sites excluding steroid dienone is 9. The lowest BCUT2D eigenvalue weighted by Gasteiger charge is -2.41. The summed E-state index contributed by atoms with van der Waals surface area (Å²) in [4.78, 5) is 26.6. The van der Waals surface area contributed by atoms with Gasteiger partial charge in [-0.2, -0.15) is 0 Å². The molecule has 0 saturated carbocycles. The van der Waals surface area contributed by atoms with Crippen molar-refractivity contribution in [3.05, 3.63) is 60.8 Å². The van der Waals surface area contributed by atoms with Gasteiger partial charge in [-0.1, -0.05) is 293 Å². The lowest BCUT2D eigenvalue weighted by molar-refractivity contribution is -0.305. The van der Waals surface area contributed by atoms with Crippen LogP contribution in [-0.4, -0.2) is 99.6 Å². The Hall–Kier alpha value is -2.64. The Bertz CT molecular complexity index is 1550. The molecule has 1 rings (SSSR count). The van der Waals surface area contributed by atoms with Crippen molar-refractivity contribution in [1.82, 2.24) is 5.32 Å². The molecular weight excluding hydrogens is 1010 g/mol. The standard InChI is InChI=1S/C70H127NO10/c1-4-7-10-13-16-19-22-25-26-27-28-29-30-31-32-33-34-35-36-37-40-42-45-48-51-54-57-63(74)69(78)71-61(62(73)56-53-50-47-44-41-38-23-20-17-14-11-8-5-2)60-79-70-68(67(77)66(76)64(59-72)80-70)81-65(75)58-55-52-49-46-43-39-24-21-18-15-12-9-6-3/h16,19,25-26,28-29,31-32,53,56,61-64,66-68,70,72-74,76-77H,4-15,17-18,20-24,27,30,33-52,54-55,57-60H2,1-3H3,(H,71,78)/b19-16-,26-25-,29-28-,32-31-,56-53+. The Labute approximate surface area is 497 Å². The summed E-state index contributed by atoms with van der Waals surface area (Å²) in [6, 6.07) is -1.03. The number of aliphatic hydroxyl groups excluding tert-OH is 5. The molecule has 11 nitrogen and oxygen atoms in total. The van der Waals surface area contributed by atoms with E-state index in [1.54, 1.807) is 6.08 Å². The second-order valence-corrected chi connectivity index (χ2v) is 23.6. The minimum atomic E-state index is -1.61. The molecule has 0 aliphatic carbocycles. The minimum Gasteiger partial charge on any atom is -0.454 e. The quantitative estimate of drug-likeness (QED) is 0.0195. The van der Waals surface area contributed by atoms with Gasteiger partial charge in [-0.3, -0.25) is 9.59 Å². The molecular formula is C70H127NO10. The molecule has 8 unspecified atom stereocenters. The lowest BCUT2D eigenvalue weighted by Crippen LogP contribution is -2.61. The van der Waals surface area contributed by atoms with E-state index in [9.17, 15) is 35.1 Å². The summed E-state index contributed by atoms with van der Waals surface area (Å²) in [5, 5.41) is 57.1. The van der Waals surface area contributed by atoms with E-state index < -0.39 is 67.4 Å². The molecule has 1 saturated heterocycles. The summed E-state index contributed by atoms with van der Waals surface area (Å²) >= 11 is 0. The highest BCUT2D eigenvalue weighted by molar-refractivity contribution is 5.80. The molecule has 6 N–H and O–H groups in total. The predicted molar refractivity (Wildman–Crippen MR) is 338 cm³/mol. The first-order valence-electron chi connectivity index (χ1n) is 34.1. The maximum atomic E-state index is 13.5. The first-order chi connectivity index (χ1) is 39.7. The molecule has 0 aromatic rings. The largest absolute Gasteiger partial charge is 0.454 e. The van der Waals surface area contributed by atoms with E-state index in [0.717, 1.165) is 83.5 Å². The minimum absolute atomic E-state index is 0.126. The average Bonchev–Trinajstić information content (AvgIpc) is 3.52. The number of nitrogens with one attached hydrogen (secondary N) is 1. The van der Waals surface area contributed by atoms with Gasteiger partial charge in [0.25, 0.3) is 0 Å². The molecule has 81 heavy (non-hydrogen) atoms. The molecule has 0 spiro atoms. The smallest absolute Gasteiger partial charge is 0.306 e. The summed E-state index contributed by atoms with van der Waals surface area (Å²) in [6.07, 6.45) is 62.6. The summed E-state index contributed by atoms with van der Waals surface area (Å²) in [6.45, 7) is 5.78. The van der Waals surface area contributed by atoms with Crippen LogP contribution in [0.15, 0.2) is 60.8 Å². The molecule has 1 heterocycles. The summed E-state index contributed by atoms with van der Waals surface area (Å²) in [5.74, 6) is -1.19. The topological polar surface area (TPSA) is 175 Å². The number of hydrogen-bond donors (Lipinski definition) is 6. The van der Waals surface area contributed by atoms with Gasteiger partial charge in [0.2, 0.25) is 5.91 Å². The maximum Gasteiger partial charge on any atom is 0.306 e. The van der Waals surface area contributed by atoms with Gasteiger partial charge in [0.15, 0.2) is 12.4 Å². The number of ether oxygens (including phenoxy) is 3. The van der Waals surface area contributed by atoms with E-state index in [1.165, 1.54) is 180 Å². The molecule has 0 aromatic heterocycles. The summed E-state index contributed by atoms with van der Waals surface area (Å²) < 4.78 is 17.6. The summed E-state index contributed by atoms with van der Waals surface area (Å²) in [7, 11) is 0. The van der Waals surface area contributed by atoms with Crippen LogP contribution in [0.2, 0.25) is 0 Å². The Morgan fingerprint density at radius 3 is 1.30 bits per heavy atom. The van der Waals surface area contributed by atoms with E-state index in [2.05, 4.69) is 74.7 Å². The third-order valence-electron chi connectivity index (χ3n) is 15.9. The van der Waals surface area contributed by atoms with Crippen molar-refractivity contribution in [3.63, 3.8) is 0 Å². The van der Waals surface area contributed by atoms with E-state index >= 15 is 0 Å². The van der Waals surface area contributed by atoms with Gasteiger partial charge in [-0.25, -0.2) is 0 Å². The average molecular weight is 1140 g/mol. The molecule has 1 amide bonds. The van der Waals surface area contributed by atoms with Crippen molar-refractivity contribution in [2.45, 2.75) is 359 Å². The van der Waals surface area contributed by atoms with E-state index in [-0.39, 0.29) is 19.4 Å². The van der Waals surface area contributed by atoms with Gasteiger partial charge >= 0.3 is 5.97 Å². The van der Waals surface area contributed by atoms with Crippen LogP contribution in [0.3, 0.4) is 0 Å². The van der Waals surface area contributed by atoms with Crippen LogP contribution in [0.4, 0.5) is 0 Å². The van der Waals surface area contributed by atoms with Crippen LogP contribution in [-0.2, 0) is 23.8 Å². The van der Waals surface area contributed by atoms with E-state index in [1.807, 2.05) is 6.08 Å². The number of carbonyl (C=O) groups excluding carboxylic acids is 2. The lowest BCUT2D eigenvalue weighted by atomic mass is 9.99. The van der Waals surface area contributed by atoms with Crippen LogP contribution >= 0.6 is 0 Å². The zero-order valence-electron chi connectivity index (χ0n) is 52.4. The monoisotopic (exact) mass is 1140 g/mol. The van der Waals surface area contributed by atoms with Crippen molar-refractivity contribution in [1.29, 1.82) is 0 Å². The number of hydrogen-bond acceptors (Lipinski definition) is 10. The Balaban J connectivity index is 2.59. The molecule has 1 aliphatic heterocycles. The first-order valence-corrected chi connectivity index (χ1v) is 34.1. The highest BCUT2D eigenvalue weighted by atomic mass is 16.7. The van der Waals surface area contributed by atoms with Gasteiger partial charge in [0.05, 0.1) is 25.4 Å². The number of amides is 1. The molecule has 1 aliphatic rings. The zero-order valence-corrected chi connectivity index (χ0v) is 52.4. The van der Waals surface area contributed by atoms with E-state index in [4.69, 9.17) is 14.2 Å². The van der Waals surface area contributed by atoms with Gasteiger partial charge in [-0.05, 0) is 70.6 Å². The normalized spacial score (nSPS) is 19.0. The second kappa shape index (κ2) is 57.8. The molecule has 0 radical (unpaired) electrons. The SMILES string of the molecule is CCCCC/C=C\C/C=C\C/C=C\C/C=C\CCCCCCCCCCCCC(O)C(=O)NC(COC1OC(CO)C(O)C(O)C1OC(=O)CCCCCCCCCCCCCCC)C(O)/C=C/CCCCCCCCCCCCC. The molecule has 8 atom stereocenters. The molecule has 0 aromatic carbocycles. The van der Waals surface area contributed by atoms with Crippen LogP contribution in [0, 0.1) is 0 Å². The fraction of sp³-hybridized carbons (Fsp3) is 0.829. The van der Waals surface area contributed by atoms with Gasteiger partial charge in [0.1, 0.15) is 24.4 Å².